The SMILES string of the molecule is CCc1ncsc1C.CO. The Labute approximate surface area is 65.6 Å². The third-order valence-electron chi connectivity index (χ3n) is 1.18. The van der Waals surface area contributed by atoms with Crippen LogP contribution >= 0.6 is 11.3 Å². The molecule has 1 N–H and O–H groups in total. The van der Waals surface area contributed by atoms with E-state index in [0.29, 0.717) is 0 Å². The lowest BCUT2D eigenvalue weighted by molar-refractivity contribution is 0.399. The molecule has 0 bridgehead atoms. The van der Waals surface area contributed by atoms with E-state index >= 15 is 0 Å². The number of aryl methyl sites for hydroxylation is 2. The van der Waals surface area contributed by atoms with Gasteiger partial charge >= 0.3 is 0 Å². The molecule has 10 heavy (non-hydrogen) atoms. The molecule has 1 heterocycles. The molecule has 0 fully saturated rings. The fraction of sp³-hybridized carbons (Fsp3) is 0.571. The van der Waals surface area contributed by atoms with Gasteiger partial charge in [0.1, 0.15) is 0 Å². The van der Waals surface area contributed by atoms with Crippen LogP contribution in [0.4, 0.5) is 0 Å². The van der Waals surface area contributed by atoms with E-state index in [1.54, 1.807) is 11.3 Å². The topological polar surface area (TPSA) is 33.1 Å². The maximum absolute atomic E-state index is 7.00. The molecule has 2 nitrogen and oxygen atoms in total. The van der Waals surface area contributed by atoms with Crippen molar-refractivity contribution in [3.8, 4) is 0 Å². The van der Waals surface area contributed by atoms with Gasteiger partial charge in [-0.1, -0.05) is 6.92 Å². The quantitative estimate of drug-likeness (QED) is 0.675. The molecule has 1 rings (SSSR count). The Hall–Kier alpha value is -0.410. The molecule has 0 radical (unpaired) electrons. The van der Waals surface area contributed by atoms with Crippen molar-refractivity contribution in [3.63, 3.8) is 0 Å². The number of hydrogen-bond acceptors (Lipinski definition) is 3. The van der Waals surface area contributed by atoms with Gasteiger partial charge in [-0.25, -0.2) is 4.98 Å². The van der Waals surface area contributed by atoms with Gasteiger partial charge in [0.2, 0.25) is 0 Å². The van der Waals surface area contributed by atoms with Crippen molar-refractivity contribution >= 4 is 11.3 Å². The predicted octanol–water partition coefficient (Wildman–Crippen LogP) is 1.62. The van der Waals surface area contributed by atoms with E-state index in [9.17, 15) is 0 Å². The molecule has 0 amide bonds. The van der Waals surface area contributed by atoms with Gasteiger partial charge in [0.25, 0.3) is 0 Å². The first kappa shape index (κ1) is 9.59. The summed E-state index contributed by atoms with van der Waals surface area (Å²) in [5.41, 5.74) is 3.14. The van der Waals surface area contributed by atoms with Crippen molar-refractivity contribution in [1.29, 1.82) is 0 Å². The second-order valence-electron chi connectivity index (χ2n) is 1.71. The standard InChI is InChI=1S/C6H9NS.CH4O/c1-3-6-5(2)8-4-7-6;1-2/h4H,3H2,1-2H3;2H,1H3. The average Bonchev–Trinajstić information content (AvgIpc) is 2.39. The van der Waals surface area contributed by atoms with Crippen LogP contribution in [-0.2, 0) is 6.42 Å². The van der Waals surface area contributed by atoms with Crippen molar-refractivity contribution in [2.45, 2.75) is 20.3 Å². The maximum Gasteiger partial charge on any atom is 0.0797 e. The van der Waals surface area contributed by atoms with Crippen LogP contribution in [0.3, 0.4) is 0 Å². The third kappa shape index (κ3) is 2.45. The third-order valence-corrected chi connectivity index (χ3v) is 1.98. The van der Waals surface area contributed by atoms with Crippen LogP contribution in [0, 0.1) is 6.92 Å². The fourth-order valence-electron chi connectivity index (χ4n) is 0.668. The van der Waals surface area contributed by atoms with Crippen molar-refractivity contribution < 1.29 is 5.11 Å². The smallest absolute Gasteiger partial charge is 0.0797 e. The van der Waals surface area contributed by atoms with Gasteiger partial charge in [0.05, 0.1) is 11.2 Å². The number of aromatic nitrogens is 1. The van der Waals surface area contributed by atoms with Gasteiger partial charge in [-0.2, -0.15) is 0 Å². The summed E-state index contributed by atoms with van der Waals surface area (Å²) in [6.07, 6.45) is 1.06. The van der Waals surface area contributed by atoms with E-state index in [0.717, 1.165) is 13.5 Å². The molecule has 1 aromatic rings. The van der Waals surface area contributed by atoms with Crippen LogP contribution in [0.1, 0.15) is 17.5 Å². The van der Waals surface area contributed by atoms with E-state index < -0.39 is 0 Å². The van der Waals surface area contributed by atoms with Crippen LogP contribution in [0.15, 0.2) is 5.51 Å². The second-order valence-corrected chi connectivity index (χ2v) is 2.77. The minimum absolute atomic E-state index is 1.00. The number of thiazole rings is 1. The minimum Gasteiger partial charge on any atom is -0.400 e. The van der Waals surface area contributed by atoms with Gasteiger partial charge in [0.15, 0.2) is 0 Å². The molecule has 3 heteroatoms. The maximum atomic E-state index is 7.00. The second kappa shape index (κ2) is 5.38. The molecule has 0 aliphatic carbocycles. The first-order valence-corrected chi connectivity index (χ1v) is 4.06. The Morgan fingerprint density at radius 3 is 2.40 bits per heavy atom. The summed E-state index contributed by atoms with van der Waals surface area (Å²) in [5, 5.41) is 7.00. The number of aliphatic hydroxyl groups excluding tert-OH is 1. The first-order chi connectivity index (χ1) is 4.84. The van der Waals surface area contributed by atoms with Crippen molar-refractivity contribution in [3.05, 3.63) is 16.1 Å². The highest BCUT2D eigenvalue weighted by molar-refractivity contribution is 7.09. The first-order valence-electron chi connectivity index (χ1n) is 3.18. The van der Waals surface area contributed by atoms with Crippen molar-refractivity contribution in [2.75, 3.05) is 7.11 Å². The van der Waals surface area contributed by atoms with Gasteiger partial charge in [-0.05, 0) is 13.3 Å². The minimum atomic E-state index is 1.00. The Morgan fingerprint density at radius 1 is 1.60 bits per heavy atom. The van der Waals surface area contributed by atoms with Crippen LogP contribution in [0.25, 0.3) is 0 Å². The van der Waals surface area contributed by atoms with Crippen LogP contribution in [-0.4, -0.2) is 17.2 Å². The molecule has 0 aliphatic heterocycles. The van der Waals surface area contributed by atoms with E-state index in [1.165, 1.54) is 10.6 Å². The Balaban J connectivity index is 0.000000371. The molecule has 58 valence electrons. The molecule has 0 saturated heterocycles. The molecule has 0 unspecified atom stereocenters. The summed E-state index contributed by atoms with van der Waals surface area (Å²) >= 11 is 1.72. The highest BCUT2D eigenvalue weighted by atomic mass is 32.1. The highest BCUT2D eigenvalue weighted by Gasteiger charge is 1.94. The lowest BCUT2D eigenvalue weighted by Gasteiger charge is -1.85. The summed E-state index contributed by atoms with van der Waals surface area (Å²) in [7, 11) is 1.00. The van der Waals surface area contributed by atoms with Crippen molar-refractivity contribution in [1.82, 2.24) is 4.98 Å². The van der Waals surface area contributed by atoms with Crippen LogP contribution in [0.5, 0.6) is 0 Å². The zero-order valence-electron chi connectivity index (χ0n) is 6.59. The monoisotopic (exact) mass is 159 g/mol. The molecule has 0 aliphatic rings. The van der Waals surface area contributed by atoms with Crippen molar-refractivity contribution in [2.24, 2.45) is 0 Å². The zero-order chi connectivity index (χ0) is 7.98. The molecule has 1 aromatic heterocycles. The molecular formula is C7H13NOS. The predicted molar refractivity (Wildman–Crippen MR) is 44.4 cm³/mol. The highest BCUT2D eigenvalue weighted by Crippen LogP contribution is 2.10. The summed E-state index contributed by atoms with van der Waals surface area (Å²) < 4.78 is 0. The summed E-state index contributed by atoms with van der Waals surface area (Å²) in [6, 6.07) is 0. The Bertz CT molecular complexity index is 174. The van der Waals surface area contributed by atoms with Gasteiger partial charge in [-0.15, -0.1) is 11.3 Å². The molecule has 0 atom stereocenters. The molecule has 0 spiro atoms. The fourth-order valence-corrected chi connectivity index (χ4v) is 1.34. The van der Waals surface area contributed by atoms with Gasteiger partial charge in [-0.3, -0.25) is 0 Å². The normalized spacial score (nSPS) is 8.40. The number of hydrogen-bond donors (Lipinski definition) is 1. The Kier molecular flexibility index (Phi) is 5.16. The average molecular weight is 159 g/mol. The number of nitrogens with zero attached hydrogens (tertiary/aromatic N) is 1. The van der Waals surface area contributed by atoms with E-state index in [1.807, 2.05) is 5.51 Å². The molecule has 0 aromatic carbocycles. The number of aliphatic hydroxyl groups is 1. The number of rotatable bonds is 1. The lowest BCUT2D eigenvalue weighted by atomic mass is 10.3. The van der Waals surface area contributed by atoms with E-state index in [2.05, 4.69) is 18.8 Å². The van der Waals surface area contributed by atoms with Gasteiger partial charge in [0, 0.05) is 12.0 Å². The van der Waals surface area contributed by atoms with E-state index in [4.69, 9.17) is 5.11 Å². The lowest BCUT2D eigenvalue weighted by Crippen LogP contribution is -1.79. The summed E-state index contributed by atoms with van der Waals surface area (Å²) in [4.78, 5) is 5.51. The molecule has 0 saturated carbocycles. The van der Waals surface area contributed by atoms with Crippen LogP contribution in [0.2, 0.25) is 0 Å². The van der Waals surface area contributed by atoms with Crippen LogP contribution < -0.4 is 0 Å². The van der Waals surface area contributed by atoms with E-state index in [-0.39, 0.29) is 0 Å². The Morgan fingerprint density at radius 2 is 2.20 bits per heavy atom. The van der Waals surface area contributed by atoms with Gasteiger partial charge < -0.3 is 5.11 Å². The zero-order valence-corrected chi connectivity index (χ0v) is 7.40. The summed E-state index contributed by atoms with van der Waals surface area (Å²) in [5.74, 6) is 0. The molecular weight excluding hydrogens is 146 g/mol. The summed E-state index contributed by atoms with van der Waals surface area (Å²) in [6.45, 7) is 4.23. The largest absolute Gasteiger partial charge is 0.400 e.